The van der Waals surface area contributed by atoms with E-state index in [0.29, 0.717) is 51.8 Å². The number of anilines is 1. The summed E-state index contributed by atoms with van der Waals surface area (Å²) < 4.78 is 35.2. The normalized spacial score (nSPS) is 20.6. The smallest absolute Gasteiger partial charge is 0.269 e. The van der Waals surface area contributed by atoms with Gasteiger partial charge < -0.3 is 20.1 Å². The van der Waals surface area contributed by atoms with Crippen molar-refractivity contribution in [3.8, 4) is 11.5 Å². The number of Topliss-reactive ketones (excluding diaryl/α,β-unsaturated/α-hetero) is 1. The van der Waals surface area contributed by atoms with Crippen LogP contribution in [0.1, 0.15) is 49.9 Å². The van der Waals surface area contributed by atoms with Crippen molar-refractivity contribution in [2.75, 3.05) is 19.1 Å². The van der Waals surface area contributed by atoms with Gasteiger partial charge in [-0.2, -0.15) is 0 Å². The average Bonchev–Trinajstić information content (AvgIpc) is 3.02. The zero-order valence-electron chi connectivity index (χ0n) is 26.1. The molecule has 244 valence electrons. The highest BCUT2D eigenvalue weighted by Crippen LogP contribution is 2.52. The van der Waals surface area contributed by atoms with Gasteiger partial charge in [0.1, 0.15) is 12.0 Å². The zero-order chi connectivity index (χ0) is 33.8. The van der Waals surface area contributed by atoms with Crippen molar-refractivity contribution in [3.63, 3.8) is 0 Å². The second-order valence-electron chi connectivity index (χ2n) is 12.4. The number of nitrogens with two attached hydrogens (primary N) is 1. The Hall–Kier alpha value is -5.21. The Morgan fingerprint density at radius 2 is 1.53 bits per heavy atom. The Kier molecular flexibility index (Phi) is 7.80. The minimum Gasteiger partial charge on any atom is -0.493 e. The minimum absolute atomic E-state index is 0.0944. The third-order valence-electron chi connectivity index (χ3n) is 8.63. The number of hydrogen-bond acceptors (Lipinski definition) is 10. The summed E-state index contributed by atoms with van der Waals surface area (Å²) in [6, 6.07) is 17.0. The van der Waals surface area contributed by atoms with E-state index < -0.39 is 38.4 Å². The predicted octanol–water partition coefficient (Wildman–Crippen LogP) is 4.14. The van der Waals surface area contributed by atoms with E-state index in [-0.39, 0.29) is 28.4 Å². The molecule has 3 aromatic rings. The fourth-order valence-corrected chi connectivity index (χ4v) is 7.03. The number of amides is 1. The van der Waals surface area contributed by atoms with E-state index in [2.05, 4.69) is 10.6 Å². The Balaban J connectivity index is 1.60. The quantitative estimate of drug-likeness (QED) is 0.246. The van der Waals surface area contributed by atoms with Crippen LogP contribution in [-0.4, -0.2) is 39.3 Å². The largest absolute Gasteiger partial charge is 0.493 e. The van der Waals surface area contributed by atoms with E-state index in [1.54, 1.807) is 47.4 Å². The molecular weight excluding hydrogens is 626 g/mol. The number of carbonyl (C=O) groups excluding carboxylic acids is 2. The van der Waals surface area contributed by atoms with Gasteiger partial charge in [-0.15, -0.1) is 0 Å². The summed E-state index contributed by atoms with van der Waals surface area (Å²) in [4.78, 5) is 40.9. The molecule has 2 unspecified atom stereocenters. The number of benzene rings is 3. The number of nitrogens with one attached hydrogen (secondary N) is 2. The lowest BCUT2D eigenvalue weighted by Gasteiger charge is -2.48. The van der Waals surface area contributed by atoms with E-state index in [1.807, 2.05) is 13.8 Å². The molecule has 0 bridgehead atoms. The summed E-state index contributed by atoms with van der Waals surface area (Å²) in [5.74, 6) is -0.103. The first kappa shape index (κ1) is 31.8. The molecule has 2 aliphatic heterocycles. The van der Waals surface area contributed by atoms with Gasteiger partial charge in [0.05, 0.1) is 29.6 Å². The summed E-state index contributed by atoms with van der Waals surface area (Å²) in [5, 5.41) is 23.1. The van der Waals surface area contributed by atoms with Crippen LogP contribution in [0.2, 0.25) is 0 Å². The Labute approximate surface area is 271 Å². The lowest BCUT2D eigenvalue weighted by Crippen LogP contribution is -2.53. The maximum Gasteiger partial charge on any atom is 0.269 e. The minimum atomic E-state index is -3.99. The molecule has 2 heterocycles. The van der Waals surface area contributed by atoms with E-state index >= 15 is 0 Å². The summed E-state index contributed by atoms with van der Waals surface area (Å²) in [7, 11) is -0.973. The zero-order valence-corrected chi connectivity index (χ0v) is 26.9. The standard InChI is InChI=1S/C33H33N5O8S/c1-33(2)16-23-28(24(39)17-33)27(19-7-14-25(45-3)26(15-19)46-4)29-31(37(23)20-10-12-22(13-11-20)47(34,43)44)35-30(36-32(29)40)18-5-8-21(9-6-18)38(41)42/h5-15,27,30,35H,16-17H2,1-4H3,(H,36,40)(H2,34,43,44). The van der Waals surface area contributed by atoms with E-state index in [4.69, 9.17) is 14.6 Å². The second-order valence-corrected chi connectivity index (χ2v) is 13.9. The number of nitro benzene ring substituents is 1. The Bertz CT molecular complexity index is 1990. The van der Waals surface area contributed by atoms with Crippen LogP contribution in [0.3, 0.4) is 0 Å². The number of allylic oxidation sites excluding steroid dienone is 2. The highest BCUT2D eigenvalue weighted by molar-refractivity contribution is 7.89. The molecule has 0 saturated carbocycles. The SMILES string of the molecule is COc1ccc(C2C3=C(CC(C)(C)CC3=O)N(c3ccc(S(N)(=O)=O)cc3)C3=C2C(=O)NC(c2ccc([N+](=O)[O-])cc2)N3)cc1OC. The molecule has 3 aromatic carbocycles. The molecule has 6 rings (SSSR count). The number of carbonyl (C=O) groups is 2. The number of ether oxygens (including phenoxy) is 2. The maximum atomic E-state index is 14.3. The number of sulfonamides is 1. The van der Waals surface area contributed by atoms with E-state index in [0.717, 1.165) is 0 Å². The van der Waals surface area contributed by atoms with Gasteiger partial charge in [0.15, 0.2) is 17.3 Å². The van der Waals surface area contributed by atoms with Crippen LogP contribution in [0.4, 0.5) is 11.4 Å². The van der Waals surface area contributed by atoms with Crippen LogP contribution in [0, 0.1) is 15.5 Å². The fraction of sp³-hybridized carbons (Fsp3) is 0.273. The first-order valence-corrected chi connectivity index (χ1v) is 16.2. The fourth-order valence-electron chi connectivity index (χ4n) is 6.52. The molecule has 3 aliphatic rings. The molecule has 1 aliphatic carbocycles. The van der Waals surface area contributed by atoms with Crippen molar-refractivity contribution in [2.45, 2.75) is 43.7 Å². The van der Waals surface area contributed by atoms with Gasteiger partial charge in [-0.3, -0.25) is 24.6 Å². The highest BCUT2D eigenvalue weighted by Gasteiger charge is 2.49. The van der Waals surface area contributed by atoms with Gasteiger partial charge in [-0.05, 0) is 71.5 Å². The van der Waals surface area contributed by atoms with Gasteiger partial charge in [0.25, 0.3) is 11.6 Å². The molecule has 13 nitrogen and oxygen atoms in total. The molecule has 1 amide bonds. The van der Waals surface area contributed by atoms with Gasteiger partial charge >= 0.3 is 0 Å². The first-order valence-electron chi connectivity index (χ1n) is 14.7. The molecule has 4 N–H and O–H groups in total. The number of rotatable bonds is 7. The average molecular weight is 660 g/mol. The highest BCUT2D eigenvalue weighted by atomic mass is 32.2. The number of non-ortho nitro benzene ring substituents is 1. The molecule has 0 radical (unpaired) electrons. The molecule has 47 heavy (non-hydrogen) atoms. The number of primary sulfonamides is 1. The molecule has 0 fully saturated rings. The number of nitro groups is 1. The predicted molar refractivity (Wildman–Crippen MR) is 172 cm³/mol. The van der Waals surface area contributed by atoms with Gasteiger partial charge in [0, 0.05) is 41.4 Å². The topological polar surface area (TPSA) is 183 Å². The van der Waals surface area contributed by atoms with Gasteiger partial charge in [-0.1, -0.05) is 19.9 Å². The first-order chi connectivity index (χ1) is 22.2. The maximum absolute atomic E-state index is 14.3. The Morgan fingerprint density at radius 1 is 0.894 bits per heavy atom. The van der Waals surface area contributed by atoms with Crippen molar-refractivity contribution in [2.24, 2.45) is 10.6 Å². The van der Waals surface area contributed by atoms with Gasteiger partial charge in [-0.25, -0.2) is 13.6 Å². The number of nitrogens with zero attached hydrogens (tertiary/aromatic N) is 2. The van der Waals surface area contributed by atoms with Crippen molar-refractivity contribution >= 4 is 33.1 Å². The Morgan fingerprint density at radius 3 is 2.13 bits per heavy atom. The molecular formula is C33H33N5O8S. The van der Waals surface area contributed by atoms with E-state index in [1.165, 1.54) is 38.5 Å². The van der Waals surface area contributed by atoms with Crippen LogP contribution >= 0.6 is 0 Å². The molecule has 14 heteroatoms. The number of hydrogen-bond donors (Lipinski definition) is 3. The van der Waals surface area contributed by atoms with Crippen LogP contribution in [0.5, 0.6) is 11.5 Å². The van der Waals surface area contributed by atoms with E-state index in [9.17, 15) is 28.1 Å². The molecule has 0 spiro atoms. The third-order valence-corrected chi connectivity index (χ3v) is 9.55. The van der Waals surface area contributed by atoms with Crippen molar-refractivity contribution < 1.29 is 32.4 Å². The van der Waals surface area contributed by atoms with Crippen LogP contribution < -0.4 is 30.1 Å². The van der Waals surface area contributed by atoms with Crippen molar-refractivity contribution in [1.82, 2.24) is 10.6 Å². The summed E-state index contributed by atoms with van der Waals surface area (Å²) in [6.45, 7) is 3.99. The van der Waals surface area contributed by atoms with Crippen molar-refractivity contribution in [1.29, 1.82) is 0 Å². The van der Waals surface area contributed by atoms with Crippen molar-refractivity contribution in [3.05, 3.63) is 111 Å². The summed E-state index contributed by atoms with van der Waals surface area (Å²) >= 11 is 0. The lowest BCUT2D eigenvalue weighted by molar-refractivity contribution is -0.384. The molecule has 0 saturated heterocycles. The molecule has 2 atom stereocenters. The van der Waals surface area contributed by atoms with Crippen LogP contribution in [0.25, 0.3) is 0 Å². The molecule has 0 aromatic heterocycles. The summed E-state index contributed by atoms with van der Waals surface area (Å²) in [6.07, 6.45) is -0.0951. The van der Waals surface area contributed by atoms with Gasteiger partial charge in [0.2, 0.25) is 10.0 Å². The monoisotopic (exact) mass is 659 g/mol. The lowest BCUT2D eigenvalue weighted by atomic mass is 9.68. The second kappa shape index (κ2) is 11.5. The number of ketones is 1. The summed E-state index contributed by atoms with van der Waals surface area (Å²) in [5.41, 5.74) is 2.50. The van der Waals surface area contributed by atoms with Crippen LogP contribution in [-0.2, 0) is 19.6 Å². The third kappa shape index (κ3) is 5.70. The number of methoxy groups -OCH3 is 2. The van der Waals surface area contributed by atoms with Crippen LogP contribution in [0.15, 0.2) is 94.3 Å².